The molecule has 1 aliphatic heterocycles. The summed E-state index contributed by atoms with van der Waals surface area (Å²) in [6.07, 6.45) is 2.95. The Morgan fingerprint density at radius 2 is 2.20 bits per heavy atom. The molecule has 0 saturated carbocycles. The average molecular weight is 301 g/mol. The molecule has 1 heterocycles. The number of sulfonamides is 1. The molecule has 0 amide bonds. The second kappa shape index (κ2) is 6.20. The van der Waals surface area contributed by atoms with Crippen molar-refractivity contribution in [1.29, 1.82) is 0 Å². The summed E-state index contributed by atoms with van der Waals surface area (Å²) >= 11 is 0. The first-order valence-corrected chi connectivity index (χ1v) is 8.32. The third-order valence-electron chi connectivity index (χ3n) is 3.77. The zero-order valence-corrected chi connectivity index (χ0v) is 12.4. The number of benzene rings is 1. The van der Waals surface area contributed by atoms with E-state index in [0.717, 1.165) is 25.3 Å². The van der Waals surface area contributed by atoms with Crippen LogP contribution >= 0.6 is 0 Å². The Morgan fingerprint density at radius 3 is 2.85 bits per heavy atom. The van der Waals surface area contributed by atoms with Crippen molar-refractivity contribution in [1.82, 2.24) is 4.31 Å². The lowest BCUT2D eigenvalue weighted by Gasteiger charge is -2.17. The molecular weight excluding hydrogens is 281 g/mol. The Kier molecular flexibility index (Phi) is 4.78. The van der Waals surface area contributed by atoms with Crippen LogP contribution in [0.1, 0.15) is 31.7 Å². The van der Waals surface area contributed by atoms with Gasteiger partial charge in [0.25, 0.3) is 0 Å². The second-order valence-corrected chi connectivity index (χ2v) is 7.16. The van der Waals surface area contributed by atoms with Crippen molar-refractivity contribution in [3.63, 3.8) is 0 Å². The standard InChI is InChI=1S/C14H20FNO3S/c1-2-3-11-6-7-16(9-11)20(18,19)13-4-5-14(15)12(8-13)10-17/h4-5,8,11,17H,2-3,6-7,9-10H2,1H3. The number of aliphatic hydroxyl groups is 1. The molecule has 4 nitrogen and oxygen atoms in total. The number of rotatable bonds is 5. The van der Waals surface area contributed by atoms with Gasteiger partial charge in [-0.3, -0.25) is 0 Å². The topological polar surface area (TPSA) is 57.6 Å². The van der Waals surface area contributed by atoms with Crippen molar-refractivity contribution in [3.8, 4) is 0 Å². The summed E-state index contributed by atoms with van der Waals surface area (Å²) in [5, 5.41) is 9.04. The lowest BCUT2D eigenvalue weighted by atomic mass is 10.0. The normalized spacial score (nSPS) is 20.4. The van der Waals surface area contributed by atoms with Gasteiger partial charge >= 0.3 is 0 Å². The van der Waals surface area contributed by atoms with E-state index in [-0.39, 0.29) is 10.5 Å². The lowest BCUT2D eigenvalue weighted by molar-refractivity contribution is 0.275. The highest BCUT2D eigenvalue weighted by atomic mass is 32.2. The number of nitrogens with zero attached hydrogens (tertiary/aromatic N) is 1. The Balaban J connectivity index is 2.23. The van der Waals surface area contributed by atoms with Crippen LogP contribution in [-0.4, -0.2) is 30.9 Å². The highest BCUT2D eigenvalue weighted by Gasteiger charge is 2.32. The zero-order chi connectivity index (χ0) is 14.8. The molecular formula is C14H20FNO3S. The van der Waals surface area contributed by atoms with Crippen LogP contribution in [-0.2, 0) is 16.6 Å². The lowest BCUT2D eigenvalue weighted by Crippen LogP contribution is -2.29. The molecule has 1 N–H and O–H groups in total. The van der Waals surface area contributed by atoms with Gasteiger partial charge in [0.1, 0.15) is 5.82 Å². The van der Waals surface area contributed by atoms with Crippen LogP contribution in [0.3, 0.4) is 0 Å². The van der Waals surface area contributed by atoms with E-state index in [1.807, 2.05) is 0 Å². The van der Waals surface area contributed by atoms with Gasteiger partial charge in [0.15, 0.2) is 0 Å². The summed E-state index contributed by atoms with van der Waals surface area (Å²) in [6.45, 7) is 2.62. The minimum atomic E-state index is -3.58. The summed E-state index contributed by atoms with van der Waals surface area (Å²) in [7, 11) is -3.58. The minimum absolute atomic E-state index is 0.00961. The van der Waals surface area contributed by atoms with Crippen molar-refractivity contribution >= 4 is 10.0 Å². The van der Waals surface area contributed by atoms with Crippen LogP contribution in [0.25, 0.3) is 0 Å². The third-order valence-corrected chi connectivity index (χ3v) is 5.63. The van der Waals surface area contributed by atoms with Gasteiger partial charge in [0.05, 0.1) is 11.5 Å². The summed E-state index contributed by atoms with van der Waals surface area (Å²) in [6, 6.07) is 3.58. The number of hydrogen-bond acceptors (Lipinski definition) is 3. The molecule has 1 aromatic rings. The van der Waals surface area contributed by atoms with E-state index in [9.17, 15) is 12.8 Å². The van der Waals surface area contributed by atoms with E-state index < -0.39 is 22.4 Å². The molecule has 1 aliphatic rings. The number of aliphatic hydroxyl groups excluding tert-OH is 1. The summed E-state index contributed by atoms with van der Waals surface area (Å²) in [5.74, 6) is -0.177. The first kappa shape index (κ1) is 15.4. The van der Waals surface area contributed by atoms with Gasteiger partial charge in [-0.05, 0) is 37.0 Å². The van der Waals surface area contributed by atoms with Crippen LogP contribution in [0.5, 0.6) is 0 Å². The maximum Gasteiger partial charge on any atom is 0.243 e. The molecule has 2 rings (SSSR count). The van der Waals surface area contributed by atoms with E-state index in [4.69, 9.17) is 5.11 Å². The van der Waals surface area contributed by atoms with Crippen molar-refractivity contribution in [2.24, 2.45) is 5.92 Å². The highest BCUT2D eigenvalue weighted by Crippen LogP contribution is 2.27. The molecule has 0 aliphatic carbocycles. The van der Waals surface area contributed by atoms with Crippen LogP contribution in [0, 0.1) is 11.7 Å². The van der Waals surface area contributed by atoms with E-state index in [0.29, 0.717) is 19.0 Å². The van der Waals surface area contributed by atoms with Gasteiger partial charge in [-0.25, -0.2) is 12.8 Å². The molecule has 1 aromatic carbocycles. The van der Waals surface area contributed by atoms with Gasteiger partial charge in [-0.2, -0.15) is 4.31 Å². The Hall–Kier alpha value is -0.980. The molecule has 1 atom stereocenters. The molecule has 0 aromatic heterocycles. The molecule has 1 unspecified atom stereocenters. The molecule has 1 saturated heterocycles. The Labute approximate surface area is 119 Å². The largest absolute Gasteiger partial charge is 0.392 e. The van der Waals surface area contributed by atoms with Crippen molar-refractivity contribution in [2.75, 3.05) is 13.1 Å². The fourth-order valence-electron chi connectivity index (χ4n) is 2.64. The molecule has 0 bridgehead atoms. The average Bonchev–Trinajstić information content (AvgIpc) is 2.89. The van der Waals surface area contributed by atoms with E-state index in [1.165, 1.54) is 16.4 Å². The first-order valence-electron chi connectivity index (χ1n) is 6.88. The fraction of sp³-hybridized carbons (Fsp3) is 0.571. The second-order valence-electron chi connectivity index (χ2n) is 5.22. The predicted octanol–water partition coefficient (Wildman–Crippen LogP) is 2.13. The maximum absolute atomic E-state index is 13.3. The molecule has 0 spiro atoms. The third kappa shape index (κ3) is 3.02. The molecule has 20 heavy (non-hydrogen) atoms. The molecule has 1 fully saturated rings. The first-order chi connectivity index (χ1) is 9.48. The minimum Gasteiger partial charge on any atom is -0.392 e. The number of halogens is 1. The van der Waals surface area contributed by atoms with Gasteiger partial charge in [0, 0.05) is 18.7 Å². The molecule has 0 radical (unpaired) electrons. The summed E-state index contributed by atoms with van der Waals surface area (Å²) in [5.41, 5.74) is 0.00961. The summed E-state index contributed by atoms with van der Waals surface area (Å²) in [4.78, 5) is 0.0556. The smallest absolute Gasteiger partial charge is 0.243 e. The van der Waals surface area contributed by atoms with Crippen LogP contribution in [0.2, 0.25) is 0 Å². The quantitative estimate of drug-likeness (QED) is 0.906. The highest BCUT2D eigenvalue weighted by molar-refractivity contribution is 7.89. The van der Waals surface area contributed by atoms with E-state index in [1.54, 1.807) is 0 Å². The van der Waals surface area contributed by atoms with Crippen LogP contribution < -0.4 is 0 Å². The van der Waals surface area contributed by atoms with E-state index >= 15 is 0 Å². The Bertz CT molecular complexity index is 574. The zero-order valence-electron chi connectivity index (χ0n) is 11.5. The summed E-state index contributed by atoms with van der Waals surface area (Å²) < 4.78 is 39.8. The monoisotopic (exact) mass is 301 g/mol. The molecule has 6 heteroatoms. The van der Waals surface area contributed by atoms with Crippen molar-refractivity contribution in [3.05, 3.63) is 29.6 Å². The predicted molar refractivity (Wildman–Crippen MR) is 74.1 cm³/mol. The SMILES string of the molecule is CCCC1CCN(S(=O)(=O)c2ccc(F)c(CO)c2)C1. The molecule has 112 valence electrons. The van der Waals surface area contributed by atoms with Gasteiger partial charge in [-0.1, -0.05) is 13.3 Å². The van der Waals surface area contributed by atoms with Crippen molar-refractivity contribution in [2.45, 2.75) is 37.7 Å². The van der Waals surface area contributed by atoms with E-state index in [2.05, 4.69) is 6.92 Å². The van der Waals surface area contributed by atoms with Crippen LogP contribution in [0.4, 0.5) is 4.39 Å². The maximum atomic E-state index is 13.3. The van der Waals surface area contributed by atoms with Crippen molar-refractivity contribution < 1.29 is 17.9 Å². The Morgan fingerprint density at radius 1 is 1.45 bits per heavy atom. The van der Waals surface area contributed by atoms with Gasteiger partial charge in [-0.15, -0.1) is 0 Å². The van der Waals surface area contributed by atoms with Crippen LogP contribution in [0.15, 0.2) is 23.1 Å². The fourth-order valence-corrected chi connectivity index (χ4v) is 4.22. The van der Waals surface area contributed by atoms with Gasteiger partial charge in [0.2, 0.25) is 10.0 Å². The van der Waals surface area contributed by atoms with Gasteiger partial charge < -0.3 is 5.11 Å². The number of hydrogen-bond donors (Lipinski definition) is 1.